The summed E-state index contributed by atoms with van der Waals surface area (Å²) >= 11 is 0. The summed E-state index contributed by atoms with van der Waals surface area (Å²) in [6.45, 7) is 3.17. The summed E-state index contributed by atoms with van der Waals surface area (Å²) in [6.07, 6.45) is -4.40. The molecule has 1 amide bonds. The van der Waals surface area contributed by atoms with E-state index in [9.17, 15) is 18.0 Å². The van der Waals surface area contributed by atoms with Crippen molar-refractivity contribution >= 4 is 5.91 Å². The SMILES string of the molecule is CC(C)CC(CO)NC(=O)C1(C(F)(F)F)CCNC1. The Hall–Kier alpha value is -0.820. The Kier molecular flexibility index (Phi) is 5.20. The smallest absolute Gasteiger partial charge is 0.394 e. The third kappa shape index (κ3) is 3.60. The lowest BCUT2D eigenvalue weighted by molar-refractivity contribution is -0.216. The van der Waals surface area contributed by atoms with E-state index >= 15 is 0 Å². The van der Waals surface area contributed by atoms with Crippen molar-refractivity contribution in [3.8, 4) is 0 Å². The third-order valence-corrected chi connectivity index (χ3v) is 3.44. The van der Waals surface area contributed by atoms with E-state index in [1.54, 1.807) is 0 Å². The zero-order valence-electron chi connectivity index (χ0n) is 11.2. The van der Waals surface area contributed by atoms with Gasteiger partial charge in [0.05, 0.1) is 12.6 Å². The second-order valence-electron chi connectivity index (χ2n) is 5.49. The van der Waals surface area contributed by atoms with E-state index in [1.807, 2.05) is 13.8 Å². The molecule has 19 heavy (non-hydrogen) atoms. The van der Waals surface area contributed by atoms with Gasteiger partial charge in [-0.3, -0.25) is 4.79 Å². The first kappa shape index (κ1) is 16.2. The predicted octanol–water partition coefficient (Wildman–Crippen LogP) is 1.05. The number of carbonyl (C=O) groups is 1. The number of nitrogens with one attached hydrogen (secondary N) is 2. The van der Waals surface area contributed by atoms with Crippen LogP contribution in [0.4, 0.5) is 13.2 Å². The van der Waals surface area contributed by atoms with Gasteiger partial charge >= 0.3 is 6.18 Å². The van der Waals surface area contributed by atoms with E-state index in [0.29, 0.717) is 6.42 Å². The molecule has 0 spiro atoms. The summed E-state index contributed by atoms with van der Waals surface area (Å²) < 4.78 is 39.4. The number of hydrogen-bond acceptors (Lipinski definition) is 3. The Morgan fingerprint density at radius 1 is 1.47 bits per heavy atom. The van der Waals surface area contributed by atoms with Crippen LogP contribution in [0.15, 0.2) is 0 Å². The van der Waals surface area contributed by atoms with Crippen LogP contribution in [0.25, 0.3) is 0 Å². The molecule has 0 aromatic carbocycles. The average Bonchev–Trinajstić information content (AvgIpc) is 2.76. The molecule has 7 heteroatoms. The maximum Gasteiger partial charge on any atom is 0.404 e. The van der Waals surface area contributed by atoms with Crippen molar-refractivity contribution in [1.82, 2.24) is 10.6 Å². The standard InChI is InChI=1S/C12H21F3N2O2/c1-8(2)5-9(6-18)17-10(19)11(12(13,14)15)3-4-16-7-11/h8-9,16,18H,3-7H2,1-2H3,(H,17,19). The van der Waals surface area contributed by atoms with Gasteiger partial charge in [-0.1, -0.05) is 13.8 Å². The predicted molar refractivity (Wildman–Crippen MR) is 64.4 cm³/mol. The van der Waals surface area contributed by atoms with Crippen molar-refractivity contribution < 1.29 is 23.1 Å². The zero-order valence-corrected chi connectivity index (χ0v) is 11.2. The molecule has 0 radical (unpaired) electrons. The van der Waals surface area contributed by atoms with Gasteiger partial charge in [0.15, 0.2) is 5.41 Å². The molecule has 2 atom stereocenters. The van der Waals surface area contributed by atoms with Crippen LogP contribution >= 0.6 is 0 Å². The number of alkyl halides is 3. The second kappa shape index (κ2) is 6.09. The Bertz CT molecular complexity index is 313. The van der Waals surface area contributed by atoms with Crippen LogP contribution < -0.4 is 10.6 Å². The van der Waals surface area contributed by atoms with E-state index in [1.165, 1.54) is 0 Å². The monoisotopic (exact) mass is 282 g/mol. The van der Waals surface area contributed by atoms with Crippen LogP contribution in [0.2, 0.25) is 0 Å². The highest BCUT2D eigenvalue weighted by atomic mass is 19.4. The molecule has 0 saturated carbocycles. The number of rotatable bonds is 5. The number of hydrogen-bond donors (Lipinski definition) is 3. The number of halogens is 3. The highest BCUT2D eigenvalue weighted by Gasteiger charge is 2.61. The number of amides is 1. The van der Waals surface area contributed by atoms with Crippen molar-refractivity contribution in [3.05, 3.63) is 0 Å². The molecule has 3 N–H and O–H groups in total. The van der Waals surface area contributed by atoms with Crippen molar-refractivity contribution in [1.29, 1.82) is 0 Å². The van der Waals surface area contributed by atoms with Gasteiger partial charge in [-0.15, -0.1) is 0 Å². The lowest BCUT2D eigenvalue weighted by Crippen LogP contribution is -2.55. The lowest BCUT2D eigenvalue weighted by Gasteiger charge is -2.31. The minimum Gasteiger partial charge on any atom is -0.394 e. The fraction of sp³-hybridized carbons (Fsp3) is 0.917. The summed E-state index contributed by atoms with van der Waals surface area (Å²) in [5.74, 6) is -0.856. The number of carbonyl (C=O) groups excluding carboxylic acids is 1. The summed E-state index contributed by atoms with van der Waals surface area (Å²) in [5.41, 5.74) is -2.36. The quantitative estimate of drug-likeness (QED) is 0.706. The first-order valence-electron chi connectivity index (χ1n) is 6.42. The number of aliphatic hydroxyl groups excluding tert-OH is 1. The van der Waals surface area contributed by atoms with E-state index in [4.69, 9.17) is 5.11 Å². The molecule has 4 nitrogen and oxygen atoms in total. The van der Waals surface area contributed by atoms with Gasteiger partial charge in [0.2, 0.25) is 5.91 Å². The Balaban J connectivity index is 2.78. The fourth-order valence-electron chi connectivity index (χ4n) is 2.33. The fourth-order valence-corrected chi connectivity index (χ4v) is 2.33. The Labute approximate surface area is 110 Å². The molecule has 0 aliphatic carbocycles. The highest BCUT2D eigenvalue weighted by Crippen LogP contribution is 2.43. The van der Waals surface area contributed by atoms with Gasteiger partial charge in [-0.2, -0.15) is 13.2 Å². The zero-order chi connectivity index (χ0) is 14.7. The maximum atomic E-state index is 13.1. The van der Waals surface area contributed by atoms with E-state index in [0.717, 1.165) is 0 Å². The molecular weight excluding hydrogens is 261 g/mol. The van der Waals surface area contributed by atoms with E-state index < -0.39 is 30.1 Å². The second-order valence-corrected chi connectivity index (χ2v) is 5.49. The van der Waals surface area contributed by atoms with Crippen molar-refractivity contribution in [2.45, 2.75) is 38.9 Å². The maximum absolute atomic E-state index is 13.1. The first-order valence-corrected chi connectivity index (χ1v) is 6.42. The Morgan fingerprint density at radius 2 is 2.11 bits per heavy atom. The van der Waals surface area contributed by atoms with Crippen molar-refractivity contribution in [2.24, 2.45) is 11.3 Å². The van der Waals surface area contributed by atoms with Gasteiger partial charge in [-0.25, -0.2) is 0 Å². The third-order valence-electron chi connectivity index (χ3n) is 3.44. The minimum atomic E-state index is -4.58. The molecular formula is C12H21F3N2O2. The molecule has 1 aliphatic rings. The first-order chi connectivity index (χ1) is 8.73. The van der Waals surface area contributed by atoms with Gasteiger partial charge in [0.25, 0.3) is 0 Å². The molecule has 1 heterocycles. The van der Waals surface area contributed by atoms with Crippen LogP contribution in [-0.4, -0.2) is 42.9 Å². The molecule has 1 saturated heterocycles. The van der Waals surface area contributed by atoms with Gasteiger partial charge in [0.1, 0.15) is 0 Å². The molecule has 0 aromatic rings. The highest BCUT2D eigenvalue weighted by molar-refractivity contribution is 5.84. The summed E-state index contributed by atoms with van der Waals surface area (Å²) in [7, 11) is 0. The summed E-state index contributed by atoms with van der Waals surface area (Å²) in [4.78, 5) is 12.0. The van der Waals surface area contributed by atoms with Gasteiger partial charge in [-0.05, 0) is 25.3 Å². The molecule has 0 aromatic heterocycles. The molecule has 0 bridgehead atoms. The molecule has 112 valence electrons. The molecule has 1 aliphatic heterocycles. The van der Waals surface area contributed by atoms with E-state index in [-0.39, 0.29) is 25.5 Å². The van der Waals surface area contributed by atoms with Crippen molar-refractivity contribution in [2.75, 3.05) is 19.7 Å². The topological polar surface area (TPSA) is 61.4 Å². The normalized spacial score (nSPS) is 25.6. The number of aliphatic hydroxyl groups is 1. The van der Waals surface area contributed by atoms with Crippen LogP contribution in [0.5, 0.6) is 0 Å². The van der Waals surface area contributed by atoms with Crippen LogP contribution in [-0.2, 0) is 4.79 Å². The van der Waals surface area contributed by atoms with Gasteiger partial charge < -0.3 is 15.7 Å². The largest absolute Gasteiger partial charge is 0.404 e. The van der Waals surface area contributed by atoms with Crippen LogP contribution in [0.1, 0.15) is 26.7 Å². The van der Waals surface area contributed by atoms with Gasteiger partial charge in [0, 0.05) is 6.54 Å². The summed E-state index contributed by atoms with van der Waals surface area (Å²) in [6, 6.07) is -0.632. The average molecular weight is 282 g/mol. The minimum absolute atomic E-state index is 0.168. The molecule has 1 fully saturated rings. The Morgan fingerprint density at radius 3 is 2.47 bits per heavy atom. The molecule has 1 rings (SSSR count). The van der Waals surface area contributed by atoms with Crippen molar-refractivity contribution in [3.63, 3.8) is 0 Å². The van der Waals surface area contributed by atoms with Crippen LogP contribution in [0.3, 0.4) is 0 Å². The lowest BCUT2D eigenvalue weighted by atomic mass is 9.84. The molecule has 2 unspecified atom stereocenters. The van der Waals surface area contributed by atoms with Crippen LogP contribution in [0, 0.1) is 11.3 Å². The summed E-state index contributed by atoms with van der Waals surface area (Å²) in [5, 5.41) is 14.1. The van der Waals surface area contributed by atoms with E-state index in [2.05, 4.69) is 10.6 Å².